The molecule has 3 nitrogen and oxygen atoms in total. The molecular formula is C18H24N2O. The molecule has 0 saturated heterocycles. The van der Waals surface area contributed by atoms with Crippen LogP contribution in [0, 0.1) is 11.8 Å². The van der Waals surface area contributed by atoms with Gasteiger partial charge in [0, 0.05) is 29.8 Å². The Morgan fingerprint density at radius 3 is 2.76 bits per heavy atom. The van der Waals surface area contributed by atoms with Crippen molar-refractivity contribution in [3.8, 4) is 0 Å². The average Bonchev–Trinajstić information content (AvgIpc) is 2.50. The van der Waals surface area contributed by atoms with Gasteiger partial charge in [0.1, 0.15) is 0 Å². The van der Waals surface area contributed by atoms with E-state index in [0.717, 1.165) is 29.2 Å². The third kappa shape index (κ3) is 3.88. The molecule has 0 aliphatic heterocycles. The molecule has 0 radical (unpaired) electrons. The fraction of sp³-hybridized carbons (Fsp3) is 0.444. The van der Waals surface area contributed by atoms with Crippen molar-refractivity contribution in [2.45, 2.75) is 33.1 Å². The molecule has 0 aliphatic rings. The standard InChI is InChI=1S/C18H24N2O/c1-13(2)14(8-10-19)6-7-18(21)17-5-3-4-15-12-20-11-9-16(15)17/h3-5,9,11-14H,6-8,10,19H2,1-2H3. The highest BCUT2D eigenvalue weighted by Gasteiger charge is 2.16. The summed E-state index contributed by atoms with van der Waals surface area (Å²) in [5.41, 5.74) is 6.48. The maximum Gasteiger partial charge on any atom is 0.163 e. The predicted molar refractivity (Wildman–Crippen MR) is 87.3 cm³/mol. The Hall–Kier alpha value is -1.74. The number of rotatable bonds is 7. The molecule has 0 aliphatic carbocycles. The van der Waals surface area contributed by atoms with Crippen molar-refractivity contribution in [3.05, 3.63) is 42.2 Å². The second kappa shape index (κ2) is 7.32. The first-order chi connectivity index (χ1) is 10.1. The average molecular weight is 284 g/mol. The minimum Gasteiger partial charge on any atom is -0.330 e. The molecule has 112 valence electrons. The molecule has 1 aromatic carbocycles. The Kier molecular flexibility index (Phi) is 5.45. The van der Waals surface area contributed by atoms with Crippen LogP contribution in [0.2, 0.25) is 0 Å². The largest absolute Gasteiger partial charge is 0.330 e. The Labute approximate surface area is 126 Å². The smallest absolute Gasteiger partial charge is 0.163 e. The Morgan fingerprint density at radius 2 is 2.05 bits per heavy atom. The summed E-state index contributed by atoms with van der Waals surface area (Å²) in [6, 6.07) is 7.75. The van der Waals surface area contributed by atoms with Gasteiger partial charge >= 0.3 is 0 Å². The van der Waals surface area contributed by atoms with Crippen molar-refractivity contribution >= 4 is 16.6 Å². The van der Waals surface area contributed by atoms with Crippen LogP contribution in [-0.2, 0) is 0 Å². The number of pyridine rings is 1. The zero-order valence-electron chi connectivity index (χ0n) is 12.9. The summed E-state index contributed by atoms with van der Waals surface area (Å²) >= 11 is 0. The molecule has 0 amide bonds. The molecule has 2 aromatic rings. The highest BCUT2D eigenvalue weighted by Crippen LogP contribution is 2.24. The topological polar surface area (TPSA) is 56.0 Å². The number of nitrogens with two attached hydrogens (primary N) is 1. The molecule has 1 aromatic heterocycles. The molecule has 0 saturated carbocycles. The van der Waals surface area contributed by atoms with Crippen LogP contribution in [0.4, 0.5) is 0 Å². The van der Waals surface area contributed by atoms with E-state index in [4.69, 9.17) is 5.73 Å². The van der Waals surface area contributed by atoms with E-state index < -0.39 is 0 Å². The Bertz CT molecular complexity index is 602. The lowest BCUT2D eigenvalue weighted by atomic mass is 9.86. The van der Waals surface area contributed by atoms with E-state index in [-0.39, 0.29) is 5.78 Å². The number of aromatic nitrogens is 1. The second-order valence-corrected chi connectivity index (χ2v) is 5.95. The predicted octanol–water partition coefficient (Wildman–Crippen LogP) is 3.82. The van der Waals surface area contributed by atoms with Gasteiger partial charge in [-0.05, 0) is 42.7 Å². The summed E-state index contributed by atoms with van der Waals surface area (Å²) in [7, 11) is 0. The second-order valence-electron chi connectivity index (χ2n) is 5.95. The molecular weight excluding hydrogens is 260 g/mol. The van der Waals surface area contributed by atoms with Gasteiger partial charge in [0.2, 0.25) is 0 Å². The Morgan fingerprint density at radius 1 is 1.24 bits per heavy atom. The monoisotopic (exact) mass is 284 g/mol. The SMILES string of the molecule is CC(C)C(CCN)CCC(=O)c1cccc2cnccc12. The van der Waals surface area contributed by atoms with Crippen LogP contribution in [0.15, 0.2) is 36.7 Å². The van der Waals surface area contributed by atoms with Crippen molar-refractivity contribution in [3.63, 3.8) is 0 Å². The fourth-order valence-electron chi connectivity index (χ4n) is 2.84. The summed E-state index contributed by atoms with van der Waals surface area (Å²) in [6.45, 7) is 5.10. The molecule has 21 heavy (non-hydrogen) atoms. The van der Waals surface area contributed by atoms with Gasteiger partial charge < -0.3 is 5.73 Å². The zero-order chi connectivity index (χ0) is 15.2. The van der Waals surface area contributed by atoms with Crippen molar-refractivity contribution in [2.75, 3.05) is 6.54 Å². The van der Waals surface area contributed by atoms with Gasteiger partial charge in [-0.15, -0.1) is 0 Å². The van der Waals surface area contributed by atoms with Crippen molar-refractivity contribution in [1.82, 2.24) is 4.98 Å². The van der Waals surface area contributed by atoms with Gasteiger partial charge in [0.25, 0.3) is 0 Å². The van der Waals surface area contributed by atoms with Crippen LogP contribution >= 0.6 is 0 Å². The summed E-state index contributed by atoms with van der Waals surface area (Å²) < 4.78 is 0. The van der Waals surface area contributed by atoms with Crippen LogP contribution in [0.3, 0.4) is 0 Å². The number of carbonyl (C=O) groups excluding carboxylic acids is 1. The molecule has 0 fully saturated rings. The number of benzene rings is 1. The van der Waals surface area contributed by atoms with E-state index >= 15 is 0 Å². The lowest BCUT2D eigenvalue weighted by molar-refractivity contribution is 0.0970. The van der Waals surface area contributed by atoms with Gasteiger partial charge in [-0.3, -0.25) is 9.78 Å². The van der Waals surface area contributed by atoms with Crippen LogP contribution in [0.1, 0.15) is 43.5 Å². The van der Waals surface area contributed by atoms with Gasteiger partial charge in [0.05, 0.1) is 0 Å². The number of ketones is 1. The minimum atomic E-state index is 0.217. The Balaban J connectivity index is 2.12. The fourth-order valence-corrected chi connectivity index (χ4v) is 2.84. The first-order valence-electron chi connectivity index (χ1n) is 7.69. The van der Waals surface area contributed by atoms with Crippen LogP contribution in [0.25, 0.3) is 10.8 Å². The first-order valence-corrected chi connectivity index (χ1v) is 7.69. The van der Waals surface area contributed by atoms with Gasteiger partial charge in [0.15, 0.2) is 5.78 Å². The van der Waals surface area contributed by atoms with E-state index in [9.17, 15) is 4.79 Å². The molecule has 0 bridgehead atoms. The number of hydrogen-bond acceptors (Lipinski definition) is 3. The lowest BCUT2D eigenvalue weighted by Gasteiger charge is -2.19. The highest BCUT2D eigenvalue weighted by atomic mass is 16.1. The molecule has 2 N–H and O–H groups in total. The van der Waals surface area contributed by atoms with E-state index in [2.05, 4.69) is 18.8 Å². The first kappa shape index (κ1) is 15.6. The maximum absolute atomic E-state index is 12.5. The number of carbonyl (C=O) groups is 1. The normalized spacial score (nSPS) is 12.8. The lowest BCUT2D eigenvalue weighted by Crippen LogP contribution is -2.16. The summed E-state index contributed by atoms with van der Waals surface area (Å²) in [4.78, 5) is 16.6. The number of Topliss-reactive ketones (excluding diaryl/α,β-unsaturated/α-hetero) is 1. The van der Waals surface area contributed by atoms with Crippen LogP contribution < -0.4 is 5.73 Å². The molecule has 1 unspecified atom stereocenters. The van der Waals surface area contributed by atoms with Crippen molar-refractivity contribution < 1.29 is 4.79 Å². The summed E-state index contributed by atoms with van der Waals surface area (Å²) in [6.07, 6.45) is 6.03. The minimum absolute atomic E-state index is 0.217. The number of nitrogens with zero attached hydrogens (tertiary/aromatic N) is 1. The summed E-state index contributed by atoms with van der Waals surface area (Å²) in [5, 5.41) is 2.02. The van der Waals surface area contributed by atoms with Gasteiger partial charge in [-0.2, -0.15) is 0 Å². The molecule has 1 atom stereocenters. The van der Waals surface area contributed by atoms with E-state index in [0.29, 0.717) is 24.8 Å². The molecule has 0 spiro atoms. The van der Waals surface area contributed by atoms with Crippen LogP contribution in [0.5, 0.6) is 0 Å². The third-order valence-corrected chi connectivity index (χ3v) is 4.20. The molecule has 3 heteroatoms. The summed E-state index contributed by atoms with van der Waals surface area (Å²) in [5.74, 6) is 1.31. The maximum atomic E-state index is 12.5. The number of fused-ring (bicyclic) bond motifs is 1. The van der Waals surface area contributed by atoms with E-state index in [1.165, 1.54) is 0 Å². The van der Waals surface area contributed by atoms with Gasteiger partial charge in [-0.25, -0.2) is 0 Å². The highest BCUT2D eigenvalue weighted by molar-refractivity contribution is 6.07. The number of hydrogen-bond donors (Lipinski definition) is 1. The van der Waals surface area contributed by atoms with E-state index in [1.54, 1.807) is 12.4 Å². The van der Waals surface area contributed by atoms with Gasteiger partial charge in [-0.1, -0.05) is 32.0 Å². The van der Waals surface area contributed by atoms with Crippen molar-refractivity contribution in [2.24, 2.45) is 17.6 Å². The third-order valence-electron chi connectivity index (χ3n) is 4.20. The van der Waals surface area contributed by atoms with E-state index in [1.807, 2.05) is 24.3 Å². The zero-order valence-corrected chi connectivity index (χ0v) is 12.9. The molecule has 1 heterocycles. The van der Waals surface area contributed by atoms with Crippen LogP contribution in [-0.4, -0.2) is 17.3 Å². The quantitative estimate of drug-likeness (QED) is 0.786. The molecule has 2 rings (SSSR count). The van der Waals surface area contributed by atoms with Crippen molar-refractivity contribution in [1.29, 1.82) is 0 Å².